The summed E-state index contributed by atoms with van der Waals surface area (Å²) in [4.78, 5) is 13.7. The summed E-state index contributed by atoms with van der Waals surface area (Å²) in [6, 6.07) is 23.7. The second-order valence-electron chi connectivity index (χ2n) is 8.18. The molecule has 0 amide bonds. The zero-order chi connectivity index (χ0) is 25.7. The number of nitrogens with one attached hydrogen (secondary N) is 3. The number of ether oxygens (including phenoxy) is 1. The van der Waals surface area contributed by atoms with E-state index in [1.807, 2.05) is 67.6 Å². The number of hydrogen-bond acceptors (Lipinski definition) is 9. The predicted molar refractivity (Wildman–Crippen MR) is 147 cm³/mol. The van der Waals surface area contributed by atoms with E-state index < -0.39 is 0 Å². The first-order valence-corrected chi connectivity index (χ1v) is 12.1. The van der Waals surface area contributed by atoms with Gasteiger partial charge < -0.3 is 20.5 Å². The number of hydrogen-bond donors (Lipinski definition) is 4. The van der Waals surface area contributed by atoms with Gasteiger partial charge in [0.05, 0.1) is 25.5 Å². The summed E-state index contributed by atoms with van der Waals surface area (Å²) in [7, 11) is 0. The minimum absolute atomic E-state index is 0.0131. The number of pyridine rings is 1. The highest BCUT2D eigenvalue weighted by atomic mass is 16.5. The third-order valence-corrected chi connectivity index (χ3v) is 5.46. The monoisotopic (exact) mass is 497 g/mol. The third-order valence-electron chi connectivity index (χ3n) is 5.46. The Morgan fingerprint density at radius 3 is 2.32 bits per heavy atom. The molecule has 9 nitrogen and oxygen atoms in total. The van der Waals surface area contributed by atoms with E-state index in [0.717, 1.165) is 28.1 Å². The topological polar surface area (TPSA) is 117 Å². The molecule has 0 aliphatic carbocycles. The van der Waals surface area contributed by atoms with Crippen molar-refractivity contribution in [2.45, 2.75) is 13.3 Å². The van der Waals surface area contributed by atoms with Crippen LogP contribution in [0.25, 0.3) is 0 Å². The lowest BCUT2D eigenvalue weighted by atomic mass is 10.1. The minimum Gasteiger partial charge on any atom is -0.394 e. The van der Waals surface area contributed by atoms with Crippen LogP contribution in [0.3, 0.4) is 0 Å². The van der Waals surface area contributed by atoms with Crippen LogP contribution in [0.4, 0.5) is 23.3 Å². The van der Waals surface area contributed by atoms with Crippen LogP contribution >= 0.6 is 0 Å². The summed E-state index contributed by atoms with van der Waals surface area (Å²) >= 11 is 0. The van der Waals surface area contributed by atoms with Crippen LogP contribution in [0.2, 0.25) is 0 Å². The Hall–Kier alpha value is -4.34. The molecule has 0 aliphatic rings. The molecule has 4 aromatic rings. The standard InChI is InChI=1S/C28H31N7O2/c1-21(23-12-14-29-15-13-23)34-35-27-25(20-22-8-4-2-5-9-22)26(30-16-18-37-19-17-36)32-28(33-27)31-24-10-6-3-7-11-24/h2-15,36H,16-20H2,1H3,(H3,30,31,32,33,35). The average molecular weight is 498 g/mol. The summed E-state index contributed by atoms with van der Waals surface area (Å²) in [5.41, 5.74) is 7.81. The van der Waals surface area contributed by atoms with Crippen molar-refractivity contribution in [3.05, 3.63) is 102 Å². The molecule has 2 aromatic carbocycles. The Kier molecular flexibility index (Phi) is 9.51. The molecular formula is C28H31N7O2. The first kappa shape index (κ1) is 25.7. The Morgan fingerprint density at radius 1 is 0.892 bits per heavy atom. The van der Waals surface area contributed by atoms with E-state index in [4.69, 9.17) is 19.8 Å². The van der Waals surface area contributed by atoms with Crippen molar-refractivity contribution in [3.63, 3.8) is 0 Å². The van der Waals surface area contributed by atoms with E-state index in [0.29, 0.717) is 43.8 Å². The maximum Gasteiger partial charge on any atom is 0.231 e. The summed E-state index contributed by atoms with van der Waals surface area (Å²) in [6.45, 7) is 3.15. The Balaban J connectivity index is 1.70. The van der Waals surface area contributed by atoms with Crippen molar-refractivity contribution in [2.24, 2.45) is 5.10 Å². The Labute approximate surface area is 216 Å². The molecule has 9 heteroatoms. The van der Waals surface area contributed by atoms with Crippen LogP contribution in [-0.4, -0.2) is 52.1 Å². The SMILES string of the molecule is CC(=NNc1nc(Nc2ccccc2)nc(NCCOCCO)c1Cc1ccccc1)c1ccncc1. The third kappa shape index (κ3) is 7.83. The smallest absolute Gasteiger partial charge is 0.231 e. The zero-order valence-electron chi connectivity index (χ0n) is 20.8. The number of aromatic nitrogens is 3. The molecular weight excluding hydrogens is 466 g/mol. The summed E-state index contributed by atoms with van der Waals surface area (Å²) in [5, 5.41) is 20.3. The van der Waals surface area contributed by atoms with Gasteiger partial charge in [-0.05, 0) is 36.8 Å². The number of anilines is 4. The lowest BCUT2D eigenvalue weighted by Crippen LogP contribution is -2.16. The molecule has 0 radical (unpaired) electrons. The van der Waals surface area contributed by atoms with Crippen molar-refractivity contribution < 1.29 is 9.84 Å². The minimum atomic E-state index is -0.0131. The molecule has 37 heavy (non-hydrogen) atoms. The maximum atomic E-state index is 8.99. The molecule has 190 valence electrons. The summed E-state index contributed by atoms with van der Waals surface area (Å²) < 4.78 is 5.43. The van der Waals surface area contributed by atoms with Gasteiger partial charge in [-0.2, -0.15) is 15.1 Å². The van der Waals surface area contributed by atoms with E-state index in [9.17, 15) is 0 Å². The van der Waals surface area contributed by atoms with Gasteiger partial charge in [0.15, 0.2) is 5.82 Å². The molecule has 0 fully saturated rings. The summed E-state index contributed by atoms with van der Waals surface area (Å²) in [6.07, 6.45) is 4.07. The van der Waals surface area contributed by atoms with Gasteiger partial charge in [-0.25, -0.2) is 0 Å². The fraction of sp³-hybridized carbons (Fsp3) is 0.214. The molecule has 0 bridgehead atoms. The van der Waals surface area contributed by atoms with Gasteiger partial charge in [0.2, 0.25) is 5.95 Å². The molecule has 0 spiro atoms. The fourth-order valence-corrected chi connectivity index (χ4v) is 3.60. The number of rotatable bonds is 13. The lowest BCUT2D eigenvalue weighted by Gasteiger charge is -2.17. The lowest BCUT2D eigenvalue weighted by molar-refractivity contribution is 0.0992. The predicted octanol–water partition coefficient (Wildman–Crippen LogP) is 4.46. The van der Waals surface area contributed by atoms with Crippen molar-refractivity contribution in [3.8, 4) is 0 Å². The van der Waals surface area contributed by atoms with E-state index in [1.165, 1.54) is 0 Å². The first-order valence-electron chi connectivity index (χ1n) is 12.1. The molecule has 0 saturated heterocycles. The van der Waals surface area contributed by atoms with Gasteiger partial charge in [0.25, 0.3) is 0 Å². The van der Waals surface area contributed by atoms with Crippen molar-refractivity contribution in [1.29, 1.82) is 0 Å². The van der Waals surface area contributed by atoms with Crippen LogP contribution < -0.4 is 16.1 Å². The van der Waals surface area contributed by atoms with E-state index in [-0.39, 0.29) is 6.61 Å². The normalized spacial score (nSPS) is 11.2. The Bertz CT molecular complexity index is 1270. The van der Waals surface area contributed by atoms with Crippen molar-refractivity contribution in [1.82, 2.24) is 15.0 Å². The molecule has 4 N–H and O–H groups in total. The van der Waals surface area contributed by atoms with Crippen LogP contribution in [0.1, 0.15) is 23.6 Å². The van der Waals surface area contributed by atoms with Crippen LogP contribution in [0.5, 0.6) is 0 Å². The van der Waals surface area contributed by atoms with Crippen LogP contribution in [0, 0.1) is 0 Å². The quantitative estimate of drug-likeness (QED) is 0.122. The largest absolute Gasteiger partial charge is 0.394 e. The van der Waals surface area contributed by atoms with Crippen LogP contribution in [0.15, 0.2) is 90.3 Å². The van der Waals surface area contributed by atoms with Gasteiger partial charge in [-0.3, -0.25) is 10.4 Å². The number of aliphatic hydroxyl groups is 1. The molecule has 2 aromatic heterocycles. The van der Waals surface area contributed by atoms with Gasteiger partial charge in [0.1, 0.15) is 5.82 Å². The first-order chi connectivity index (χ1) is 18.2. The number of benzene rings is 2. The maximum absolute atomic E-state index is 8.99. The van der Waals surface area contributed by atoms with Gasteiger partial charge >= 0.3 is 0 Å². The Morgan fingerprint density at radius 2 is 1.59 bits per heavy atom. The molecule has 0 atom stereocenters. The molecule has 0 aliphatic heterocycles. The highest BCUT2D eigenvalue weighted by Crippen LogP contribution is 2.27. The molecule has 2 heterocycles. The zero-order valence-corrected chi connectivity index (χ0v) is 20.8. The van der Waals surface area contributed by atoms with E-state index in [1.54, 1.807) is 12.4 Å². The van der Waals surface area contributed by atoms with Gasteiger partial charge in [0, 0.05) is 42.2 Å². The number of nitrogens with zero attached hydrogens (tertiary/aromatic N) is 4. The highest BCUT2D eigenvalue weighted by molar-refractivity contribution is 5.98. The molecule has 4 rings (SSSR count). The summed E-state index contributed by atoms with van der Waals surface area (Å²) in [5.74, 6) is 1.69. The van der Waals surface area contributed by atoms with E-state index >= 15 is 0 Å². The second-order valence-corrected chi connectivity index (χ2v) is 8.18. The second kappa shape index (κ2) is 13.7. The molecule has 0 saturated carbocycles. The number of para-hydroxylation sites is 1. The highest BCUT2D eigenvalue weighted by Gasteiger charge is 2.16. The number of aliphatic hydroxyl groups excluding tert-OH is 1. The number of hydrazone groups is 1. The van der Waals surface area contributed by atoms with Gasteiger partial charge in [-0.1, -0.05) is 48.5 Å². The fourth-order valence-electron chi connectivity index (χ4n) is 3.60. The van der Waals surface area contributed by atoms with Crippen LogP contribution in [-0.2, 0) is 11.2 Å². The van der Waals surface area contributed by atoms with Gasteiger partial charge in [-0.15, -0.1) is 0 Å². The molecule has 0 unspecified atom stereocenters. The van der Waals surface area contributed by atoms with Crippen molar-refractivity contribution >= 4 is 29.0 Å². The van der Waals surface area contributed by atoms with Crippen molar-refractivity contribution in [2.75, 3.05) is 42.4 Å². The van der Waals surface area contributed by atoms with E-state index in [2.05, 4.69) is 38.3 Å². The average Bonchev–Trinajstić information content (AvgIpc) is 2.94.